The smallest absolute Gasteiger partial charge is 0.261 e. The lowest BCUT2D eigenvalue weighted by molar-refractivity contribution is -0.125. The number of alkyl halides is 1. The number of carbonyl (C=O) groups excluding carboxylic acids is 1. The third-order valence-electron chi connectivity index (χ3n) is 1.81. The van der Waals surface area contributed by atoms with Gasteiger partial charge in [-0.15, -0.1) is 0 Å². The van der Waals surface area contributed by atoms with Gasteiger partial charge in [0.1, 0.15) is 4.60 Å². The third-order valence-corrected chi connectivity index (χ3v) is 2.64. The van der Waals surface area contributed by atoms with Crippen molar-refractivity contribution in [2.45, 2.75) is 26.4 Å². The fraction of sp³-hybridized carbons (Fsp3) is 0.400. The molecule has 0 aliphatic carbocycles. The van der Waals surface area contributed by atoms with Crippen molar-refractivity contribution in [1.82, 2.24) is 4.98 Å². The monoisotopic (exact) mass is 274 g/mol. The zero-order valence-electron chi connectivity index (χ0n) is 8.77. The number of hydrogen-bond acceptors (Lipinski definition) is 2. The van der Waals surface area contributed by atoms with E-state index in [-0.39, 0.29) is 0 Å². The lowest BCUT2D eigenvalue weighted by atomic mass is 10.1. The van der Waals surface area contributed by atoms with Crippen LogP contribution in [0.2, 0.25) is 0 Å². The topological polar surface area (TPSA) is 42.0 Å². The van der Waals surface area contributed by atoms with Gasteiger partial charge in [-0.1, -0.05) is 0 Å². The Morgan fingerprint density at radius 3 is 2.67 bits per heavy atom. The first-order chi connectivity index (χ1) is 6.80. The summed E-state index contributed by atoms with van der Waals surface area (Å²) in [6, 6.07) is 1.72. The molecular weight excluding hydrogens is 263 g/mol. The molecule has 0 atom stereocenters. The number of rotatable bonds is 2. The van der Waals surface area contributed by atoms with Crippen molar-refractivity contribution in [1.29, 1.82) is 0 Å². The Kier molecular flexibility index (Phi) is 3.44. The zero-order valence-corrected chi connectivity index (χ0v) is 10.4. The highest BCUT2D eigenvalue weighted by atomic mass is 79.9. The minimum absolute atomic E-state index is 0.492. The van der Waals surface area contributed by atoms with Crippen LogP contribution in [0.15, 0.2) is 16.9 Å². The molecule has 1 aromatic heterocycles. The summed E-state index contributed by atoms with van der Waals surface area (Å²) in [6.45, 7) is 4.26. The second-order valence-corrected chi connectivity index (χ2v) is 4.51. The molecule has 1 N–H and O–H groups in total. The predicted octanol–water partition coefficient (Wildman–Crippen LogP) is 2.84. The van der Waals surface area contributed by atoms with E-state index in [1.165, 1.54) is 20.0 Å². The number of carbonyl (C=O) groups is 1. The maximum absolute atomic E-state index is 13.2. The van der Waals surface area contributed by atoms with Gasteiger partial charge < -0.3 is 5.32 Å². The Morgan fingerprint density at radius 2 is 2.20 bits per heavy atom. The quantitative estimate of drug-likeness (QED) is 0.843. The predicted molar refractivity (Wildman–Crippen MR) is 60.5 cm³/mol. The maximum atomic E-state index is 13.2. The van der Waals surface area contributed by atoms with Crippen LogP contribution in [0, 0.1) is 6.92 Å². The van der Waals surface area contributed by atoms with Gasteiger partial charge in [-0.05, 0) is 48.3 Å². The van der Waals surface area contributed by atoms with Crippen LogP contribution < -0.4 is 5.32 Å². The number of aryl methyl sites for hydroxylation is 1. The number of pyridine rings is 1. The molecule has 1 amide bonds. The van der Waals surface area contributed by atoms with Crippen molar-refractivity contribution in [3.63, 3.8) is 0 Å². The molecule has 0 saturated heterocycles. The van der Waals surface area contributed by atoms with Gasteiger partial charge in [0.15, 0.2) is 5.67 Å². The zero-order chi connectivity index (χ0) is 11.6. The molecule has 82 valence electrons. The highest BCUT2D eigenvalue weighted by molar-refractivity contribution is 9.10. The van der Waals surface area contributed by atoms with E-state index >= 15 is 0 Å². The van der Waals surface area contributed by atoms with E-state index in [0.29, 0.717) is 10.3 Å². The third kappa shape index (κ3) is 3.27. The van der Waals surface area contributed by atoms with E-state index in [1.807, 2.05) is 6.92 Å². The number of halogens is 2. The molecule has 1 rings (SSSR count). The van der Waals surface area contributed by atoms with Crippen molar-refractivity contribution < 1.29 is 9.18 Å². The minimum Gasteiger partial charge on any atom is -0.322 e. The van der Waals surface area contributed by atoms with Crippen LogP contribution in [0.25, 0.3) is 0 Å². The van der Waals surface area contributed by atoms with Crippen LogP contribution in [0.3, 0.4) is 0 Å². The van der Waals surface area contributed by atoms with Crippen molar-refractivity contribution >= 4 is 27.5 Å². The lowest BCUT2D eigenvalue weighted by Crippen LogP contribution is -2.32. The number of nitrogens with zero attached hydrogens (tertiary/aromatic N) is 1. The van der Waals surface area contributed by atoms with Crippen molar-refractivity contribution in [2.75, 3.05) is 5.32 Å². The van der Waals surface area contributed by atoms with Crippen molar-refractivity contribution in [3.8, 4) is 0 Å². The average Bonchev–Trinajstić information content (AvgIpc) is 2.10. The molecule has 15 heavy (non-hydrogen) atoms. The van der Waals surface area contributed by atoms with E-state index in [0.717, 1.165) is 5.56 Å². The molecule has 0 saturated carbocycles. The maximum Gasteiger partial charge on any atom is 0.261 e. The first kappa shape index (κ1) is 12.1. The van der Waals surface area contributed by atoms with E-state index in [2.05, 4.69) is 26.2 Å². The Morgan fingerprint density at radius 1 is 1.60 bits per heavy atom. The fourth-order valence-corrected chi connectivity index (χ4v) is 1.12. The summed E-state index contributed by atoms with van der Waals surface area (Å²) in [5.74, 6) is -0.675. The van der Waals surface area contributed by atoms with Gasteiger partial charge in [0.2, 0.25) is 0 Å². The molecular formula is C10H12BrFN2O. The summed E-state index contributed by atoms with van der Waals surface area (Å²) in [6.07, 6.45) is 1.47. The molecule has 0 aliphatic heterocycles. The van der Waals surface area contributed by atoms with Gasteiger partial charge in [-0.3, -0.25) is 4.79 Å². The summed E-state index contributed by atoms with van der Waals surface area (Å²) in [5.41, 5.74) is -0.517. The molecule has 0 aliphatic rings. The first-order valence-corrected chi connectivity index (χ1v) is 5.22. The van der Waals surface area contributed by atoms with Crippen molar-refractivity contribution in [3.05, 3.63) is 22.4 Å². The van der Waals surface area contributed by atoms with E-state index in [9.17, 15) is 9.18 Å². The van der Waals surface area contributed by atoms with Crippen LogP contribution in [-0.4, -0.2) is 16.6 Å². The van der Waals surface area contributed by atoms with Gasteiger partial charge in [-0.2, -0.15) is 0 Å². The molecule has 0 radical (unpaired) electrons. The number of anilines is 1. The normalized spacial score (nSPS) is 11.3. The van der Waals surface area contributed by atoms with Crippen molar-refractivity contribution in [2.24, 2.45) is 0 Å². The Balaban J connectivity index is 2.83. The molecule has 0 fully saturated rings. The lowest BCUT2D eigenvalue weighted by Gasteiger charge is -2.14. The minimum atomic E-state index is -1.89. The Hall–Kier alpha value is -0.970. The van der Waals surface area contributed by atoms with Crippen LogP contribution in [-0.2, 0) is 4.79 Å². The Bertz CT molecular complexity index is 387. The van der Waals surface area contributed by atoms with E-state index in [1.54, 1.807) is 6.07 Å². The molecule has 0 aromatic carbocycles. The van der Waals surface area contributed by atoms with Gasteiger partial charge in [0.05, 0.1) is 11.9 Å². The van der Waals surface area contributed by atoms with Gasteiger partial charge in [0, 0.05) is 0 Å². The van der Waals surface area contributed by atoms with Gasteiger partial charge in [-0.25, -0.2) is 9.37 Å². The SMILES string of the molecule is Cc1cc(NC(=O)C(C)(C)F)cnc1Br. The number of nitrogens with one attached hydrogen (secondary N) is 1. The number of amides is 1. The standard InChI is InChI=1S/C10H12BrFN2O/c1-6-4-7(5-13-8(6)11)14-9(15)10(2,3)12/h4-5H,1-3H3,(H,14,15). The summed E-state index contributed by atoms with van der Waals surface area (Å²) < 4.78 is 13.9. The molecule has 0 spiro atoms. The second-order valence-electron chi connectivity index (χ2n) is 3.76. The van der Waals surface area contributed by atoms with Crippen LogP contribution >= 0.6 is 15.9 Å². The number of aromatic nitrogens is 1. The second kappa shape index (κ2) is 4.26. The largest absolute Gasteiger partial charge is 0.322 e. The fourth-order valence-electron chi connectivity index (χ4n) is 0.906. The Labute approximate surface area is 96.2 Å². The molecule has 3 nitrogen and oxygen atoms in total. The molecule has 0 unspecified atom stereocenters. The highest BCUT2D eigenvalue weighted by Gasteiger charge is 2.26. The molecule has 1 aromatic rings. The van der Waals surface area contributed by atoms with Gasteiger partial charge >= 0.3 is 0 Å². The van der Waals surface area contributed by atoms with Crippen LogP contribution in [0.1, 0.15) is 19.4 Å². The summed E-state index contributed by atoms with van der Waals surface area (Å²) in [4.78, 5) is 15.3. The first-order valence-electron chi connectivity index (χ1n) is 4.43. The summed E-state index contributed by atoms with van der Waals surface area (Å²) in [5, 5.41) is 2.45. The average molecular weight is 275 g/mol. The number of hydrogen-bond donors (Lipinski definition) is 1. The van der Waals surface area contributed by atoms with Crippen LogP contribution in [0.4, 0.5) is 10.1 Å². The van der Waals surface area contributed by atoms with E-state index in [4.69, 9.17) is 0 Å². The van der Waals surface area contributed by atoms with Crippen LogP contribution in [0.5, 0.6) is 0 Å². The van der Waals surface area contributed by atoms with Gasteiger partial charge in [0.25, 0.3) is 5.91 Å². The summed E-state index contributed by atoms with van der Waals surface area (Å²) in [7, 11) is 0. The van der Waals surface area contributed by atoms with E-state index < -0.39 is 11.6 Å². The summed E-state index contributed by atoms with van der Waals surface area (Å²) >= 11 is 3.24. The molecule has 1 heterocycles. The molecule has 5 heteroatoms. The molecule has 0 bridgehead atoms. The highest BCUT2D eigenvalue weighted by Crippen LogP contribution is 2.18.